The fourth-order valence-corrected chi connectivity index (χ4v) is 7.11. The molecule has 0 N–H and O–H groups in total. The van der Waals surface area contributed by atoms with Crippen LogP contribution in [-0.4, -0.2) is 6.36 Å². The molecule has 0 saturated heterocycles. The zero-order valence-corrected chi connectivity index (χ0v) is 46.3. The summed E-state index contributed by atoms with van der Waals surface area (Å²) in [6.07, 6.45) is -4.62. The summed E-state index contributed by atoms with van der Waals surface area (Å²) >= 11 is 0. The Morgan fingerprint density at radius 2 is 0.873 bits per heavy atom. The van der Waals surface area contributed by atoms with Gasteiger partial charge in [0.15, 0.2) is 5.69 Å². The number of para-hydroxylation sites is 1. The molecule has 6 aromatic carbocycles. The van der Waals surface area contributed by atoms with Crippen molar-refractivity contribution in [2.24, 2.45) is 0 Å². The quantitative estimate of drug-likeness (QED) is 0.143. The minimum atomic E-state index is -4.62. The zero-order valence-electron chi connectivity index (χ0n) is 46.3. The van der Waals surface area contributed by atoms with Gasteiger partial charge < -0.3 is 4.74 Å². The molecular formula is C65H85F3N2O. The molecule has 0 aromatic heterocycles. The van der Waals surface area contributed by atoms with Crippen molar-refractivity contribution in [3.8, 4) is 11.8 Å². The van der Waals surface area contributed by atoms with Crippen LogP contribution in [0.15, 0.2) is 146 Å². The van der Waals surface area contributed by atoms with Gasteiger partial charge in [0.2, 0.25) is 0 Å². The molecule has 0 aliphatic carbocycles. The summed E-state index contributed by atoms with van der Waals surface area (Å²) in [4.78, 5) is 3.36. The van der Waals surface area contributed by atoms with Gasteiger partial charge in [-0.05, 0) is 105 Å². The second-order valence-electron chi connectivity index (χ2n) is 21.0. The van der Waals surface area contributed by atoms with Crippen LogP contribution in [0, 0.1) is 24.8 Å². The van der Waals surface area contributed by atoms with Gasteiger partial charge in [-0.1, -0.05) is 262 Å². The highest BCUT2D eigenvalue weighted by atomic mass is 19.4. The molecule has 0 atom stereocenters. The SMILES string of the molecule is CC(C)c1cccc(C(C)(C)C)c1.CC(C)c1ccccc1C#N.CC(C)c1ccccc1C(C)C.CC(C)c1ccccc1OC(F)(F)F.Cc1ccc(C(C)C)cc1.[C-]#[N+]c1cccc(C(C)C)c1. The molecular weight excluding hydrogens is 882 g/mol. The van der Waals surface area contributed by atoms with Gasteiger partial charge in [-0.15, -0.1) is 13.2 Å². The Balaban J connectivity index is 0.000000427. The van der Waals surface area contributed by atoms with E-state index >= 15 is 0 Å². The maximum atomic E-state index is 12.0. The molecule has 3 nitrogen and oxygen atoms in total. The number of rotatable bonds is 8. The van der Waals surface area contributed by atoms with E-state index in [0.29, 0.717) is 41.1 Å². The van der Waals surface area contributed by atoms with Crippen LogP contribution < -0.4 is 4.74 Å². The summed E-state index contributed by atoms with van der Waals surface area (Å²) in [5.41, 5.74) is 13.3. The van der Waals surface area contributed by atoms with E-state index in [0.717, 1.165) is 16.8 Å². The molecule has 0 heterocycles. The third-order valence-corrected chi connectivity index (χ3v) is 11.5. The Kier molecular flexibility index (Phi) is 27.7. The van der Waals surface area contributed by atoms with Gasteiger partial charge in [-0.25, -0.2) is 4.85 Å². The molecule has 382 valence electrons. The summed E-state index contributed by atoms with van der Waals surface area (Å²) in [6.45, 7) is 45.7. The smallest absolute Gasteiger partial charge is 0.405 e. The molecule has 6 rings (SSSR count). The fourth-order valence-electron chi connectivity index (χ4n) is 7.11. The van der Waals surface area contributed by atoms with Gasteiger partial charge in [-0.3, -0.25) is 0 Å². The zero-order chi connectivity index (χ0) is 54.1. The van der Waals surface area contributed by atoms with Gasteiger partial charge in [0.25, 0.3) is 0 Å². The topological polar surface area (TPSA) is 37.4 Å². The van der Waals surface area contributed by atoms with Crippen molar-refractivity contribution in [1.82, 2.24) is 0 Å². The third kappa shape index (κ3) is 24.5. The predicted molar refractivity (Wildman–Crippen MR) is 298 cm³/mol. The van der Waals surface area contributed by atoms with Crippen LogP contribution in [0.2, 0.25) is 0 Å². The lowest BCUT2D eigenvalue weighted by molar-refractivity contribution is -0.274. The molecule has 0 unspecified atom stereocenters. The lowest BCUT2D eigenvalue weighted by Gasteiger charge is -2.20. The van der Waals surface area contributed by atoms with Crippen molar-refractivity contribution in [2.75, 3.05) is 0 Å². The Labute approximate surface area is 429 Å². The standard InChI is InChI=1S/C13H20.C12H18.C10H11F3O.2C10H11N.C10H14/c1-10(2)11-7-6-8-12(9-11)13(3,4)5;1-9(2)11-7-5-6-8-12(11)10(3)4;1-7(2)8-5-3-4-6-9(8)14-10(11,12)13;1-8(2)9-5-4-6-10(7-9)11-3;1-8(2)10-6-4-3-5-9(10)7-11;1-8(2)10-6-4-9(3)5-7-10/h6-10H,1-5H3;5-10H,1-4H3;3-7H,1-2H3;4-8H,1-2H3;3-6,8H,1-2H3;4-8H,1-3H3. The van der Waals surface area contributed by atoms with Gasteiger partial charge in [0.1, 0.15) is 5.75 Å². The van der Waals surface area contributed by atoms with E-state index in [1.54, 1.807) is 12.1 Å². The van der Waals surface area contributed by atoms with Crippen LogP contribution in [0.4, 0.5) is 18.9 Å². The van der Waals surface area contributed by atoms with E-state index in [2.05, 4.69) is 205 Å². The van der Waals surface area contributed by atoms with Crippen LogP contribution in [0.5, 0.6) is 5.75 Å². The van der Waals surface area contributed by atoms with E-state index in [9.17, 15) is 13.2 Å². The van der Waals surface area contributed by atoms with Crippen molar-refractivity contribution >= 4 is 5.69 Å². The van der Waals surface area contributed by atoms with Crippen molar-refractivity contribution in [2.45, 2.75) is 178 Å². The molecule has 0 saturated carbocycles. The number of benzene rings is 6. The lowest BCUT2D eigenvalue weighted by Crippen LogP contribution is -2.18. The van der Waals surface area contributed by atoms with Crippen LogP contribution in [-0.2, 0) is 5.41 Å². The van der Waals surface area contributed by atoms with Crippen molar-refractivity contribution in [3.63, 3.8) is 0 Å². The first-order valence-corrected chi connectivity index (χ1v) is 25.2. The minimum Gasteiger partial charge on any atom is -0.405 e. The summed E-state index contributed by atoms with van der Waals surface area (Å²) in [5.74, 6) is 3.40. The summed E-state index contributed by atoms with van der Waals surface area (Å²) in [5, 5.41) is 8.72. The number of ether oxygens (including phenoxy) is 1. The van der Waals surface area contributed by atoms with Gasteiger partial charge >= 0.3 is 6.36 Å². The normalized spacial score (nSPS) is 10.9. The molecule has 6 heteroatoms. The van der Waals surface area contributed by atoms with Crippen LogP contribution in [0.3, 0.4) is 0 Å². The monoisotopic (exact) mass is 967 g/mol. The minimum absolute atomic E-state index is 0.00792. The fraction of sp³-hybridized carbons (Fsp3) is 0.415. The van der Waals surface area contributed by atoms with E-state index < -0.39 is 6.36 Å². The van der Waals surface area contributed by atoms with Crippen LogP contribution in [0.25, 0.3) is 4.85 Å². The molecule has 0 fully saturated rings. The highest BCUT2D eigenvalue weighted by Crippen LogP contribution is 2.31. The Morgan fingerprint density at radius 3 is 1.27 bits per heavy atom. The average Bonchev–Trinajstić information content (AvgIpc) is 3.32. The first-order valence-electron chi connectivity index (χ1n) is 25.2. The highest BCUT2D eigenvalue weighted by Gasteiger charge is 2.32. The molecule has 0 aliphatic rings. The Morgan fingerprint density at radius 1 is 0.465 bits per heavy atom. The molecule has 71 heavy (non-hydrogen) atoms. The van der Waals surface area contributed by atoms with Gasteiger partial charge in [-0.2, -0.15) is 5.26 Å². The number of hydrogen-bond acceptors (Lipinski definition) is 2. The molecule has 6 aromatic rings. The Hall–Kier alpha value is -6.11. The lowest BCUT2D eigenvalue weighted by atomic mass is 9.85. The predicted octanol–water partition coefficient (Wildman–Crippen LogP) is 20.9. The van der Waals surface area contributed by atoms with E-state index in [-0.39, 0.29) is 17.1 Å². The molecule has 0 radical (unpaired) electrons. The summed E-state index contributed by atoms with van der Waals surface area (Å²) < 4.78 is 39.8. The number of hydrogen-bond donors (Lipinski definition) is 0. The maximum absolute atomic E-state index is 12.0. The summed E-state index contributed by atoms with van der Waals surface area (Å²) in [7, 11) is 0. The first-order chi connectivity index (χ1) is 33.1. The van der Waals surface area contributed by atoms with Crippen molar-refractivity contribution in [3.05, 3.63) is 213 Å². The van der Waals surface area contributed by atoms with Gasteiger partial charge in [0.05, 0.1) is 18.2 Å². The number of alkyl halides is 3. The largest absolute Gasteiger partial charge is 0.573 e. The number of halogens is 3. The molecule has 0 amide bonds. The number of aryl methyl sites for hydroxylation is 1. The first kappa shape index (κ1) is 62.9. The average molecular weight is 967 g/mol. The molecule has 0 bridgehead atoms. The molecule has 0 spiro atoms. The summed E-state index contributed by atoms with van der Waals surface area (Å²) in [6, 6.07) is 50.2. The van der Waals surface area contributed by atoms with E-state index in [1.807, 2.05) is 56.3 Å². The van der Waals surface area contributed by atoms with Gasteiger partial charge in [0, 0.05) is 0 Å². The van der Waals surface area contributed by atoms with E-state index in [1.165, 1.54) is 51.1 Å². The van der Waals surface area contributed by atoms with Crippen molar-refractivity contribution in [1.29, 1.82) is 5.26 Å². The maximum Gasteiger partial charge on any atom is 0.573 e. The Bertz CT molecular complexity index is 2480. The van der Waals surface area contributed by atoms with Crippen LogP contribution >= 0.6 is 0 Å². The second-order valence-corrected chi connectivity index (χ2v) is 21.0. The number of nitrogens with zero attached hydrogens (tertiary/aromatic N) is 2. The van der Waals surface area contributed by atoms with E-state index in [4.69, 9.17) is 11.8 Å². The van der Waals surface area contributed by atoms with Crippen LogP contribution in [0.1, 0.15) is 215 Å². The number of nitriles is 1. The second kappa shape index (κ2) is 31.3. The molecule has 0 aliphatic heterocycles. The van der Waals surface area contributed by atoms with Crippen molar-refractivity contribution < 1.29 is 17.9 Å². The third-order valence-electron chi connectivity index (χ3n) is 11.5. The highest BCUT2D eigenvalue weighted by molar-refractivity contribution is 5.47.